The van der Waals surface area contributed by atoms with Crippen molar-refractivity contribution in [1.82, 2.24) is 9.97 Å². The number of nitrogens with one attached hydrogen (secondary N) is 1. The molecule has 0 aliphatic carbocycles. The van der Waals surface area contributed by atoms with Gasteiger partial charge in [-0.05, 0) is 25.5 Å². The Hall–Kier alpha value is -1.95. The van der Waals surface area contributed by atoms with Crippen molar-refractivity contribution in [3.05, 3.63) is 40.1 Å². The number of pyridine rings is 1. The van der Waals surface area contributed by atoms with E-state index < -0.39 is 5.97 Å². The van der Waals surface area contributed by atoms with Gasteiger partial charge < -0.3 is 10.4 Å². The summed E-state index contributed by atoms with van der Waals surface area (Å²) in [6.45, 7) is 4.12. The average Bonchev–Trinajstić information content (AvgIpc) is 2.88. The van der Waals surface area contributed by atoms with Gasteiger partial charge in [0.1, 0.15) is 10.7 Å². The second kappa shape index (κ2) is 5.79. The lowest BCUT2D eigenvalue weighted by Gasteiger charge is -2.12. The van der Waals surface area contributed by atoms with Crippen LogP contribution in [0.4, 0.5) is 5.69 Å². The number of thiazole rings is 1. The third kappa shape index (κ3) is 3.29. The van der Waals surface area contributed by atoms with E-state index in [2.05, 4.69) is 22.2 Å². The average molecular weight is 277 g/mol. The molecule has 5 nitrogen and oxygen atoms in total. The van der Waals surface area contributed by atoms with E-state index in [4.69, 9.17) is 5.11 Å². The van der Waals surface area contributed by atoms with Crippen molar-refractivity contribution >= 4 is 23.0 Å². The van der Waals surface area contributed by atoms with Gasteiger partial charge >= 0.3 is 5.97 Å². The van der Waals surface area contributed by atoms with E-state index in [-0.39, 0.29) is 11.7 Å². The third-order valence-corrected chi connectivity index (χ3v) is 3.98. The highest BCUT2D eigenvalue weighted by atomic mass is 32.1. The number of aryl methyl sites for hydroxylation is 1. The molecular formula is C13H15N3O2S. The van der Waals surface area contributed by atoms with Crippen molar-refractivity contribution in [1.29, 1.82) is 0 Å². The molecule has 0 saturated carbocycles. The molecule has 19 heavy (non-hydrogen) atoms. The summed E-state index contributed by atoms with van der Waals surface area (Å²) in [5, 5.41) is 13.0. The number of aromatic carboxylic acids is 1. The Balaban J connectivity index is 2.05. The highest BCUT2D eigenvalue weighted by molar-refractivity contribution is 7.11. The number of hydrogen-bond donors (Lipinski definition) is 2. The van der Waals surface area contributed by atoms with E-state index in [9.17, 15) is 4.79 Å². The molecule has 6 heteroatoms. The molecular weight excluding hydrogens is 262 g/mol. The molecule has 0 fully saturated rings. The largest absolute Gasteiger partial charge is 0.477 e. The first-order valence-electron chi connectivity index (χ1n) is 6.00. The van der Waals surface area contributed by atoms with Crippen LogP contribution in [0.1, 0.15) is 40.3 Å². The summed E-state index contributed by atoms with van der Waals surface area (Å²) >= 11 is 1.68. The SMILES string of the molecule is CCc1cnc(C(C)Nc2ccc(C(=O)O)nc2)s1. The number of rotatable bonds is 5. The summed E-state index contributed by atoms with van der Waals surface area (Å²) in [5.74, 6) is -1.02. The number of carboxylic acid groups (broad SMARTS) is 1. The fourth-order valence-corrected chi connectivity index (χ4v) is 2.46. The van der Waals surface area contributed by atoms with Gasteiger partial charge in [-0.2, -0.15) is 0 Å². The number of carbonyl (C=O) groups is 1. The van der Waals surface area contributed by atoms with Crippen molar-refractivity contribution in [2.75, 3.05) is 5.32 Å². The molecule has 2 aromatic heterocycles. The highest BCUT2D eigenvalue weighted by Crippen LogP contribution is 2.23. The standard InChI is InChI=1S/C13H15N3O2S/c1-3-10-7-15-12(19-10)8(2)16-9-4-5-11(13(17)18)14-6-9/h4-8,16H,3H2,1-2H3,(H,17,18). The van der Waals surface area contributed by atoms with Gasteiger partial charge in [0.15, 0.2) is 0 Å². The van der Waals surface area contributed by atoms with E-state index >= 15 is 0 Å². The molecule has 0 radical (unpaired) electrons. The van der Waals surface area contributed by atoms with Crippen molar-refractivity contribution < 1.29 is 9.90 Å². The Labute approximate surface area is 115 Å². The van der Waals surface area contributed by atoms with Crippen LogP contribution in [0.15, 0.2) is 24.5 Å². The maximum absolute atomic E-state index is 10.7. The monoisotopic (exact) mass is 277 g/mol. The lowest BCUT2D eigenvalue weighted by Crippen LogP contribution is -2.07. The summed E-state index contributed by atoms with van der Waals surface area (Å²) in [5.41, 5.74) is 0.825. The first kappa shape index (κ1) is 13.5. The Bertz CT molecular complexity index is 566. The molecule has 100 valence electrons. The summed E-state index contributed by atoms with van der Waals surface area (Å²) in [4.78, 5) is 20.2. The van der Waals surface area contributed by atoms with E-state index in [0.29, 0.717) is 0 Å². The molecule has 2 aromatic rings. The lowest BCUT2D eigenvalue weighted by atomic mass is 10.3. The van der Waals surface area contributed by atoms with Crippen molar-refractivity contribution in [2.24, 2.45) is 0 Å². The van der Waals surface area contributed by atoms with Gasteiger partial charge in [0.05, 0.1) is 17.9 Å². The third-order valence-electron chi connectivity index (χ3n) is 2.66. The Morgan fingerprint density at radius 2 is 2.21 bits per heavy atom. The van der Waals surface area contributed by atoms with Crippen LogP contribution in [-0.2, 0) is 6.42 Å². The number of carboxylic acids is 1. The van der Waals surface area contributed by atoms with Crippen LogP contribution >= 0.6 is 11.3 Å². The molecule has 1 unspecified atom stereocenters. The Morgan fingerprint density at radius 3 is 2.74 bits per heavy atom. The fraction of sp³-hybridized carbons (Fsp3) is 0.308. The molecule has 2 N–H and O–H groups in total. The topological polar surface area (TPSA) is 75.1 Å². The van der Waals surface area contributed by atoms with Crippen LogP contribution in [0.25, 0.3) is 0 Å². The van der Waals surface area contributed by atoms with Gasteiger partial charge in [0.2, 0.25) is 0 Å². The van der Waals surface area contributed by atoms with Gasteiger partial charge in [-0.1, -0.05) is 6.92 Å². The van der Waals surface area contributed by atoms with Gasteiger partial charge in [-0.3, -0.25) is 0 Å². The first-order chi connectivity index (χ1) is 9.10. The highest BCUT2D eigenvalue weighted by Gasteiger charge is 2.10. The van der Waals surface area contributed by atoms with Crippen LogP contribution in [0, 0.1) is 0 Å². The number of nitrogens with zero attached hydrogens (tertiary/aromatic N) is 2. The molecule has 0 aromatic carbocycles. The lowest BCUT2D eigenvalue weighted by molar-refractivity contribution is 0.0690. The normalized spacial score (nSPS) is 12.1. The molecule has 0 aliphatic rings. The van der Waals surface area contributed by atoms with E-state index in [1.807, 2.05) is 13.1 Å². The van der Waals surface area contributed by atoms with Gasteiger partial charge in [0.25, 0.3) is 0 Å². The second-order valence-corrected chi connectivity index (χ2v) is 5.27. The Kier molecular flexibility index (Phi) is 4.11. The predicted molar refractivity (Wildman–Crippen MR) is 74.7 cm³/mol. The maximum atomic E-state index is 10.7. The summed E-state index contributed by atoms with van der Waals surface area (Å²) in [7, 11) is 0. The zero-order valence-corrected chi connectivity index (χ0v) is 11.6. The summed E-state index contributed by atoms with van der Waals surface area (Å²) in [6.07, 6.45) is 4.40. The van der Waals surface area contributed by atoms with Crippen molar-refractivity contribution in [3.8, 4) is 0 Å². The zero-order valence-electron chi connectivity index (χ0n) is 10.8. The van der Waals surface area contributed by atoms with Gasteiger partial charge in [-0.15, -0.1) is 11.3 Å². The van der Waals surface area contributed by atoms with Crippen molar-refractivity contribution in [2.45, 2.75) is 26.3 Å². The van der Waals surface area contributed by atoms with Gasteiger partial charge in [-0.25, -0.2) is 14.8 Å². The van der Waals surface area contributed by atoms with Crippen LogP contribution < -0.4 is 5.32 Å². The molecule has 1 atom stereocenters. The summed E-state index contributed by atoms with van der Waals surface area (Å²) < 4.78 is 0. The fourth-order valence-electron chi connectivity index (χ4n) is 1.60. The van der Waals surface area contributed by atoms with Crippen LogP contribution in [0.5, 0.6) is 0 Å². The second-order valence-electron chi connectivity index (χ2n) is 4.12. The molecule has 0 aliphatic heterocycles. The molecule has 2 rings (SSSR count). The number of aromatic nitrogens is 2. The minimum Gasteiger partial charge on any atom is -0.477 e. The molecule has 0 spiro atoms. The number of hydrogen-bond acceptors (Lipinski definition) is 5. The molecule has 2 heterocycles. The zero-order chi connectivity index (χ0) is 13.8. The maximum Gasteiger partial charge on any atom is 0.354 e. The predicted octanol–water partition coefficient (Wildman–Crippen LogP) is 2.97. The minimum atomic E-state index is -1.02. The Morgan fingerprint density at radius 1 is 1.42 bits per heavy atom. The van der Waals surface area contributed by atoms with Gasteiger partial charge in [0, 0.05) is 11.1 Å². The smallest absolute Gasteiger partial charge is 0.354 e. The number of anilines is 1. The quantitative estimate of drug-likeness (QED) is 0.878. The molecule has 0 bridgehead atoms. The molecule has 0 saturated heterocycles. The van der Waals surface area contributed by atoms with E-state index in [0.717, 1.165) is 17.1 Å². The molecule has 0 amide bonds. The van der Waals surface area contributed by atoms with E-state index in [1.54, 1.807) is 17.4 Å². The van der Waals surface area contributed by atoms with Crippen LogP contribution in [-0.4, -0.2) is 21.0 Å². The summed E-state index contributed by atoms with van der Waals surface area (Å²) in [6, 6.07) is 3.26. The first-order valence-corrected chi connectivity index (χ1v) is 6.82. The minimum absolute atomic E-state index is 0.0423. The van der Waals surface area contributed by atoms with Crippen LogP contribution in [0.3, 0.4) is 0 Å². The van der Waals surface area contributed by atoms with Crippen LogP contribution in [0.2, 0.25) is 0 Å². The van der Waals surface area contributed by atoms with Crippen molar-refractivity contribution in [3.63, 3.8) is 0 Å². The van der Waals surface area contributed by atoms with E-state index in [1.165, 1.54) is 17.1 Å².